The van der Waals surface area contributed by atoms with Crippen LogP contribution in [0.3, 0.4) is 0 Å². The quantitative estimate of drug-likeness (QED) is 0.296. The molecule has 1 fully saturated rings. The van der Waals surface area contributed by atoms with Crippen LogP contribution in [-0.2, 0) is 12.8 Å². The summed E-state index contributed by atoms with van der Waals surface area (Å²) in [5.41, 5.74) is 2.23. The Morgan fingerprint density at radius 1 is 0.784 bits per heavy atom. The molecule has 0 aliphatic carbocycles. The topological polar surface area (TPSA) is 21.7 Å². The molecule has 1 spiro atoms. The molecule has 3 nitrogen and oxygen atoms in total. The second kappa shape index (κ2) is 17.8. The van der Waals surface area contributed by atoms with Crippen LogP contribution in [0, 0.1) is 0 Å². The number of nitrogens with zero attached hydrogens (tertiary/aromatic N) is 1. The molecule has 5 rings (SSSR count). The van der Waals surface area contributed by atoms with Crippen molar-refractivity contribution in [3.8, 4) is 11.5 Å². The lowest BCUT2D eigenvalue weighted by atomic mass is 10.1. The van der Waals surface area contributed by atoms with E-state index in [1.807, 2.05) is 35.7 Å². The standard InChI is InChI=1S/C11H12OS2.C9H8F2O.C6H15N.BH.3FH/c1-2-4-10-9(3-1)5-6-11(12-10)13-7-8-14-11;10-9(11)6-5-7-3-1-2-4-8(7)12-9;1-4-7(5-2)6-3;;;;/h1-4H,5-8H2;1-4H,5-6H2;4-6H2,1-3H3;4*1H/i;;;1D;;;. The maximum Gasteiger partial charge on any atom is 0.398 e. The van der Waals surface area contributed by atoms with Crippen molar-refractivity contribution in [3.63, 3.8) is 0 Å². The minimum atomic E-state index is -2.98. The smallest absolute Gasteiger partial charge is 0.398 e. The minimum Gasteiger partial charge on any atom is -0.467 e. The molecule has 3 heterocycles. The van der Waals surface area contributed by atoms with Crippen LogP contribution in [-0.4, -0.2) is 56.1 Å². The van der Waals surface area contributed by atoms with Gasteiger partial charge in [0.05, 0.1) is 6.42 Å². The summed E-state index contributed by atoms with van der Waals surface area (Å²) in [6.45, 7) is 10.1. The first-order valence-corrected chi connectivity index (χ1v) is 13.8. The number of benzene rings is 2. The van der Waals surface area contributed by atoms with Gasteiger partial charge in [-0.2, -0.15) is 8.78 Å². The van der Waals surface area contributed by atoms with E-state index in [1.54, 1.807) is 12.1 Å². The SMILES string of the molecule is CCN(CC)CC.F.F.F.FC1(F)CCc2ccccc2O1.[2H][B].c1ccc2c(c1)CCC1(O2)SCCS1. The summed E-state index contributed by atoms with van der Waals surface area (Å²) < 4.78 is 41.2. The number of thioether (sulfide) groups is 2. The third-order valence-electron chi connectivity index (χ3n) is 5.92. The fourth-order valence-electron chi connectivity index (χ4n) is 3.93. The lowest BCUT2D eigenvalue weighted by Gasteiger charge is -2.33. The summed E-state index contributed by atoms with van der Waals surface area (Å²) in [6.07, 6.45) is -0.489. The first-order chi connectivity index (χ1) is 16.9. The Labute approximate surface area is 229 Å². The van der Waals surface area contributed by atoms with Gasteiger partial charge in [0.2, 0.25) is 4.27 Å². The first-order valence-electron chi connectivity index (χ1n) is 12.4. The fourth-order valence-corrected chi connectivity index (χ4v) is 6.84. The molecule has 3 aliphatic heterocycles. The van der Waals surface area contributed by atoms with E-state index in [9.17, 15) is 8.78 Å². The Kier molecular flexibility index (Phi) is 17.1. The fraction of sp³-hybridized carbons (Fsp3) is 0.538. The molecule has 0 amide bonds. The lowest BCUT2D eigenvalue weighted by molar-refractivity contribution is -0.187. The van der Waals surface area contributed by atoms with Crippen LogP contribution in [0.5, 0.6) is 11.5 Å². The maximum atomic E-state index is 12.7. The van der Waals surface area contributed by atoms with Gasteiger partial charge >= 0.3 is 6.11 Å². The highest BCUT2D eigenvalue weighted by Gasteiger charge is 2.40. The zero-order chi connectivity index (χ0) is 25.7. The highest BCUT2D eigenvalue weighted by atomic mass is 32.2. The number of alkyl halides is 2. The van der Waals surface area contributed by atoms with Gasteiger partial charge in [0.1, 0.15) is 11.5 Å². The summed E-state index contributed by atoms with van der Waals surface area (Å²) >= 11 is 3.94. The summed E-state index contributed by atoms with van der Waals surface area (Å²) in [5, 5.41) is 0. The van der Waals surface area contributed by atoms with Crippen LogP contribution in [0.25, 0.3) is 0 Å². The Balaban J connectivity index is 0. The molecule has 11 heteroatoms. The number of hydrogen-bond acceptors (Lipinski definition) is 5. The van der Waals surface area contributed by atoms with Gasteiger partial charge in [-0.25, -0.2) is 0 Å². The number of fused-ring (bicyclic) bond motifs is 2. The van der Waals surface area contributed by atoms with Gasteiger partial charge in [-0.05, 0) is 57.1 Å². The number of rotatable bonds is 3. The van der Waals surface area contributed by atoms with Crippen molar-refractivity contribution in [2.45, 2.75) is 56.8 Å². The second-order valence-electron chi connectivity index (χ2n) is 8.06. The second-order valence-corrected chi connectivity index (χ2v) is 11.0. The maximum absolute atomic E-state index is 12.7. The van der Waals surface area contributed by atoms with E-state index in [-0.39, 0.29) is 24.8 Å². The predicted molar refractivity (Wildman–Crippen MR) is 151 cm³/mol. The van der Waals surface area contributed by atoms with Gasteiger partial charge in [0, 0.05) is 26.3 Å². The molecule has 0 bridgehead atoms. The Morgan fingerprint density at radius 3 is 1.68 bits per heavy atom. The molecular weight excluding hydrogens is 528 g/mol. The Morgan fingerprint density at radius 2 is 1.22 bits per heavy atom. The number of aryl methyl sites for hydroxylation is 2. The third-order valence-corrected chi connectivity index (χ3v) is 9.16. The van der Waals surface area contributed by atoms with Crippen molar-refractivity contribution in [1.82, 2.24) is 4.90 Å². The molecule has 37 heavy (non-hydrogen) atoms. The molecule has 0 unspecified atom stereocenters. The van der Waals surface area contributed by atoms with Crippen molar-refractivity contribution < 1.29 is 32.4 Å². The number of halogens is 5. The normalized spacial score (nSPS) is 17.2. The Hall–Kier alpha value is -1.59. The summed E-state index contributed by atoms with van der Waals surface area (Å²) in [6, 6.07) is 15.3. The Bertz CT molecular complexity index is 889. The number of para-hydroxylation sites is 2. The van der Waals surface area contributed by atoms with Crippen LogP contribution >= 0.6 is 23.5 Å². The number of ether oxygens (including phenoxy) is 2. The molecule has 0 saturated carbocycles. The van der Waals surface area contributed by atoms with Crippen molar-refractivity contribution in [2.75, 3.05) is 31.1 Å². The highest BCUT2D eigenvalue weighted by molar-refractivity contribution is 8.21. The van der Waals surface area contributed by atoms with Gasteiger partial charge in [-0.15, -0.1) is 23.5 Å². The molecular formula is C26H39BF5NO2S2. The number of hydrogen-bond donors (Lipinski definition) is 0. The predicted octanol–water partition coefficient (Wildman–Crippen LogP) is 6.91. The third kappa shape index (κ3) is 11.0. The van der Waals surface area contributed by atoms with E-state index >= 15 is 0 Å². The van der Waals surface area contributed by atoms with E-state index < -0.39 is 6.11 Å². The van der Waals surface area contributed by atoms with Crippen molar-refractivity contribution >= 4 is 31.9 Å². The van der Waals surface area contributed by atoms with Gasteiger partial charge in [0.15, 0.2) is 0 Å². The van der Waals surface area contributed by atoms with Gasteiger partial charge in [0.25, 0.3) is 0 Å². The zero-order valence-corrected chi connectivity index (χ0v) is 23.3. The van der Waals surface area contributed by atoms with E-state index in [4.69, 9.17) is 6.07 Å². The highest BCUT2D eigenvalue weighted by Crippen LogP contribution is 2.51. The van der Waals surface area contributed by atoms with Crippen LogP contribution in [0.1, 0.15) is 44.7 Å². The summed E-state index contributed by atoms with van der Waals surface area (Å²) in [7, 11) is 3.75. The van der Waals surface area contributed by atoms with E-state index in [0.29, 0.717) is 12.2 Å². The average Bonchev–Trinajstić information content (AvgIpc) is 3.34. The van der Waals surface area contributed by atoms with E-state index in [1.165, 1.54) is 36.7 Å². The molecule has 0 N–H and O–H groups in total. The first kappa shape index (κ1) is 35.4. The lowest BCUT2D eigenvalue weighted by Crippen LogP contribution is -2.30. The minimum absolute atomic E-state index is 0. The molecule has 1 saturated heterocycles. The molecule has 0 aromatic heterocycles. The summed E-state index contributed by atoms with van der Waals surface area (Å²) in [5.74, 6) is 3.87. The molecule has 210 valence electrons. The molecule has 2 radical (unpaired) electrons. The van der Waals surface area contributed by atoms with Gasteiger partial charge < -0.3 is 14.4 Å². The average molecular weight is 569 g/mol. The van der Waals surface area contributed by atoms with Crippen LogP contribution < -0.4 is 9.47 Å². The largest absolute Gasteiger partial charge is 0.467 e. The van der Waals surface area contributed by atoms with Crippen molar-refractivity contribution in [2.24, 2.45) is 0 Å². The van der Waals surface area contributed by atoms with Crippen LogP contribution in [0.15, 0.2) is 48.5 Å². The molecule has 3 aliphatic rings. The van der Waals surface area contributed by atoms with Gasteiger partial charge in [-0.3, -0.25) is 14.1 Å². The van der Waals surface area contributed by atoms with Crippen molar-refractivity contribution in [1.29, 1.82) is 1.34 Å². The monoisotopic (exact) mass is 568 g/mol. The van der Waals surface area contributed by atoms with Crippen molar-refractivity contribution in [3.05, 3.63) is 59.7 Å². The van der Waals surface area contributed by atoms with E-state index in [0.717, 1.165) is 24.2 Å². The molecule has 2 aromatic carbocycles. The van der Waals surface area contributed by atoms with E-state index in [2.05, 4.69) is 63.0 Å². The molecule has 0 atom stereocenters. The summed E-state index contributed by atoms with van der Waals surface area (Å²) in [4.78, 5) is 2.38. The van der Waals surface area contributed by atoms with Gasteiger partial charge in [-0.1, -0.05) is 57.2 Å². The molecule has 2 aromatic rings. The van der Waals surface area contributed by atoms with Crippen LogP contribution in [0.2, 0.25) is 0 Å². The van der Waals surface area contributed by atoms with Crippen LogP contribution in [0.4, 0.5) is 22.9 Å². The zero-order valence-electron chi connectivity index (χ0n) is 22.6.